The molecule has 2 saturated heterocycles. The number of benzene rings is 2. The first-order valence-corrected chi connectivity index (χ1v) is 11.3. The maximum Gasteiger partial charge on any atom is 0.253 e. The lowest BCUT2D eigenvalue weighted by atomic mass is 10.1. The topological polar surface area (TPSA) is 87.7 Å². The molecule has 174 valence electrons. The molecule has 0 aromatic heterocycles. The molecule has 2 aliphatic heterocycles. The molecule has 3 amide bonds. The summed E-state index contributed by atoms with van der Waals surface area (Å²) in [6.45, 7) is 1.94. The Hall–Kier alpha value is -3.26. The van der Waals surface area contributed by atoms with Gasteiger partial charge in [0.2, 0.25) is 11.8 Å². The predicted molar refractivity (Wildman–Crippen MR) is 121 cm³/mol. The molecular formula is C25H28FN3O4. The first-order chi connectivity index (χ1) is 16.0. The van der Waals surface area contributed by atoms with Crippen molar-refractivity contribution in [2.45, 2.75) is 31.8 Å². The van der Waals surface area contributed by atoms with E-state index in [2.05, 4.69) is 10.6 Å². The van der Waals surface area contributed by atoms with Crippen molar-refractivity contribution in [1.82, 2.24) is 10.2 Å². The number of nitrogens with zero attached hydrogens (tertiary/aromatic N) is 1. The van der Waals surface area contributed by atoms with Crippen LogP contribution in [0.2, 0.25) is 0 Å². The van der Waals surface area contributed by atoms with Gasteiger partial charge in [-0.2, -0.15) is 0 Å². The Balaban J connectivity index is 1.32. The molecule has 0 bridgehead atoms. The summed E-state index contributed by atoms with van der Waals surface area (Å²) >= 11 is 0. The molecule has 2 N–H and O–H groups in total. The summed E-state index contributed by atoms with van der Waals surface area (Å²) in [6.07, 6.45) is 2.66. The van der Waals surface area contributed by atoms with Crippen LogP contribution in [0.5, 0.6) is 0 Å². The molecular weight excluding hydrogens is 425 g/mol. The number of ether oxygens (including phenoxy) is 1. The highest BCUT2D eigenvalue weighted by Gasteiger charge is 2.34. The maximum absolute atomic E-state index is 13.1. The van der Waals surface area contributed by atoms with Gasteiger partial charge in [-0.1, -0.05) is 24.3 Å². The minimum absolute atomic E-state index is 0.0288. The molecule has 8 heteroatoms. The van der Waals surface area contributed by atoms with Crippen LogP contribution >= 0.6 is 0 Å². The van der Waals surface area contributed by atoms with Crippen molar-refractivity contribution in [1.29, 1.82) is 0 Å². The second-order valence-corrected chi connectivity index (χ2v) is 8.50. The Morgan fingerprint density at radius 1 is 1.12 bits per heavy atom. The number of carbonyl (C=O) groups excluding carboxylic acids is 3. The predicted octanol–water partition coefficient (Wildman–Crippen LogP) is 2.76. The van der Waals surface area contributed by atoms with E-state index in [1.54, 1.807) is 41.3 Å². The van der Waals surface area contributed by atoms with Crippen LogP contribution in [-0.4, -0.2) is 55.0 Å². The van der Waals surface area contributed by atoms with Crippen LogP contribution in [0.1, 0.15) is 35.2 Å². The van der Waals surface area contributed by atoms with Gasteiger partial charge in [-0.3, -0.25) is 14.4 Å². The maximum atomic E-state index is 13.1. The summed E-state index contributed by atoms with van der Waals surface area (Å²) in [7, 11) is 0. The Labute approximate surface area is 192 Å². The number of halogens is 1. The zero-order chi connectivity index (χ0) is 23.2. The zero-order valence-electron chi connectivity index (χ0n) is 18.4. The van der Waals surface area contributed by atoms with Crippen LogP contribution in [0.3, 0.4) is 0 Å². The fourth-order valence-corrected chi connectivity index (χ4v) is 4.21. The van der Waals surface area contributed by atoms with Gasteiger partial charge in [0.25, 0.3) is 5.91 Å². The fraction of sp³-hybridized carbons (Fsp3) is 0.400. The van der Waals surface area contributed by atoms with Crippen molar-refractivity contribution in [3.8, 4) is 0 Å². The number of rotatable bonds is 8. The average molecular weight is 454 g/mol. The van der Waals surface area contributed by atoms with E-state index in [-0.39, 0.29) is 36.1 Å². The number of nitrogens with one attached hydrogen (secondary N) is 2. The monoisotopic (exact) mass is 453 g/mol. The minimum atomic E-state index is -0.492. The molecule has 4 rings (SSSR count). The third kappa shape index (κ3) is 5.96. The highest BCUT2D eigenvalue weighted by atomic mass is 19.1. The van der Waals surface area contributed by atoms with E-state index >= 15 is 0 Å². The number of para-hydroxylation sites is 1. The van der Waals surface area contributed by atoms with Crippen molar-refractivity contribution in [3.05, 3.63) is 65.5 Å². The second-order valence-electron chi connectivity index (χ2n) is 8.50. The van der Waals surface area contributed by atoms with Gasteiger partial charge in [0, 0.05) is 32.7 Å². The Morgan fingerprint density at radius 2 is 1.91 bits per heavy atom. The van der Waals surface area contributed by atoms with Crippen LogP contribution in [0, 0.1) is 11.7 Å². The summed E-state index contributed by atoms with van der Waals surface area (Å²) < 4.78 is 18.6. The molecule has 0 saturated carbocycles. The highest BCUT2D eigenvalue weighted by Crippen LogP contribution is 2.22. The quantitative estimate of drug-likeness (QED) is 0.644. The standard InChI is InChI=1S/C25H28FN3O4/c26-19-9-7-17(8-10-19)11-12-29-16-18(14-23(29)30)24(31)28-22-6-2-1-5-21(22)25(32)27-15-20-4-3-13-33-20/h1-2,5-10,18,20H,3-4,11-16H2,(H,27,32)(H,28,31)/t18-,20+/m1/s1. The molecule has 0 aliphatic carbocycles. The third-order valence-electron chi connectivity index (χ3n) is 6.11. The van der Waals surface area contributed by atoms with Gasteiger partial charge >= 0.3 is 0 Å². The van der Waals surface area contributed by atoms with Gasteiger partial charge in [0.15, 0.2) is 0 Å². The van der Waals surface area contributed by atoms with E-state index in [4.69, 9.17) is 4.74 Å². The van der Waals surface area contributed by atoms with Gasteiger partial charge in [-0.05, 0) is 49.1 Å². The summed E-state index contributed by atoms with van der Waals surface area (Å²) in [5.41, 5.74) is 1.73. The molecule has 2 atom stereocenters. The van der Waals surface area contributed by atoms with Crippen LogP contribution in [0.15, 0.2) is 48.5 Å². The smallest absolute Gasteiger partial charge is 0.253 e. The lowest BCUT2D eigenvalue weighted by Crippen LogP contribution is -2.33. The Kier molecular flexibility index (Phi) is 7.34. The number of hydrogen-bond acceptors (Lipinski definition) is 4. The Morgan fingerprint density at radius 3 is 2.67 bits per heavy atom. The van der Waals surface area contributed by atoms with Crippen LogP contribution in [-0.2, 0) is 20.7 Å². The van der Waals surface area contributed by atoms with Crippen LogP contribution in [0.25, 0.3) is 0 Å². The molecule has 2 fully saturated rings. The van der Waals surface area contributed by atoms with E-state index in [9.17, 15) is 18.8 Å². The van der Waals surface area contributed by atoms with Crippen LogP contribution in [0.4, 0.5) is 10.1 Å². The van der Waals surface area contributed by atoms with Gasteiger partial charge in [-0.15, -0.1) is 0 Å². The number of amides is 3. The van der Waals surface area contributed by atoms with Crippen molar-refractivity contribution >= 4 is 23.4 Å². The molecule has 2 heterocycles. The molecule has 7 nitrogen and oxygen atoms in total. The van der Waals surface area contributed by atoms with E-state index in [0.29, 0.717) is 43.9 Å². The van der Waals surface area contributed by atoms with Crippen molar-refractivity contribution in [3.63, 3.8) is 0 Å². The van der Waals surface area contributed by atoms with E-state index in [1.165, 1.54) is 12.1 Å². The van der Waals surface area contributed by atoms with Crippen molar-refractivity contribution < 1.29 is 23.5 Å². The zero-order valence-corrected chi connectivity index (χ0v) is 18.4. The lowest BCUT2D eigenvalue weighted by molar-refractivity contribution is -0.128. The normalized spacial score (nSPS) is 20.2. The van der Waals surface area contributed by atoms with E-state index < -0.39 is 5.92 Å². The molecule has 0 unspecified atom stereocenters. The van der Waals surface area contributed by atoms with Crippen molar-refractivity contribution in [2.75, 3.05) is 31.6 Å². The molecule has 2 aromatic rings. The van der Waals surface area contributed by atoms with Crippen molar-refractivity contribution in [2.24, 2.45) is 5.92 Å². The number of anilines is 1. The number of likely N-dealkylation sites (tertiary alicyclic amines) is 1. The van der Waals surface area contributed by atoms with Gasteiger partial charge in [0.05, 0.1) is 23.3 Å². The fourth-order valence-electron chi connectivity index (χ4n) is 4.21. The van der Waals surface area contributed by atoms with Gasteiger partial charge in [0.1, 0.15) is 5.82 Å². The summed E-state index contributed by atoms with van der Waals surface area (Å²) in [5, 5.41) is 5.70. The second kappa shape index (κ2) is 10.6. The third-order valence-corrected chi connectivity index (χ3v) is 6.11. The Bertz CT molecular complexity index is 1000. The number of carbonyl (C=O) groups is 3. The summed E-state index contributed by atoms with van der Waals surface area (Å²) in [5.74, 6) is -1.43. The van der Waals surface area contributed by atoms with Gasteiger partial charge < -0.3 is 20.3 Å². The minimum Gasteiger partial charge on any atom is -0.376 e. The first kappa shape index (κ1) is 22.9. The summed E-state index contributed by atoms with van der Waals surface area (Å²) in [6, 6.07) is 13.0. The van der Waals surface area contributed by atoms with Crippen LogP contribution < -0.4 is 10.6 Å². The van der Waals surface area contributed by atoms with E-state index in [0.717, 1.165) is 18.4 Å². The summed E-state index contributed by atoms with van der Waals surface area (Å²) in [4.78, 5) is 39.6. The highest BCUT2D eigenvalue weighted by molar-refractivity contribution is 6.05. The molecule has 33 heavy (non-hydrogen) atoms. The number of hydrogen-bond donors (Lipinski definition) is 2. The molecule has 2 aliphatic rings. The molecule has 0 radical (unpaired) electrons. The van der Waals surface area contributed by atoms with E-state index in [1.807, 2.05) is 0 Å². The first-order valence-electron chi connectivity index (χ1n) is 11.3. The average Bonchev–Trinajstić information content (AvgIpc) is 3.47. The molecule has 0 spiro atoms. The lowest BCUT2D eigenvalue weighted by Gasteiger charge is -2.17. The molecule has 2 aromatic carbocycles. The largest absolute Gasteiger partial charge is 0.376 e. The van der Waals surface area contributed by atoms with Gasteiger partial charge in [-0.25, -0.2) is 4.39 Å². The SMILES string of the molecule is O=C(NC[C@@H]1CCCO1)c1ccccc1NC(=O)[C@@H]1CC(=O)N(CCc2ccc(F)cc2)C1.